The third-order valence-corrected chi connectivity index (χ3v) is 3.90. The topological polar surface area (TPSA) is 93.3 Å². The summed E-state index contributed by atoms with van der Waals surface area (Å²) in [6, 6.07) is 12.8. The number of hydrogen-bond acceptors (Lipinski definition) is 4. The number of hydrogen-bond donors (Lipinski definition) is 1. The van der Waals surface area contributed by atoms with Gasteiger partial charge in [0, 0.05) is 11.5 Å². The van der Waals surface area contributed by atoms with Gasteiger partial charge in [-0.05, 0) is 29.8 Å². The Balaban J connectivity index is 2.03. The first-order valence-electron chi connectivity index (χ1n) is 7.21. The normalized spacial score (nSPS) is 11.1. The highest BCUT2D eigenvalue weighted by molar-refractivity contribution is 6.32. The van der Waals surface area contributed by atoms with Crippen molar-refractivity contribution in [2.75, 3.05) is 0 Å². The molecule has 0 saturated carbocycles. The van der Waals surface area contributed by atoms with Gasteiger partial charge < -0.3 is 5.11 Å². The molecule has 0 atom stereocenters. The Morgan fingerprint density at radius 1 is 1.16 bits per heavy atom. The number of aromatic carboxylic acids is 1. The molecule has 124 valence electrons. The van der Waals surface area contributed by atoms with Crippen LogP contribution in [-0.4, -0.2) is 21.0 Å². The van der Waals surface area contributed by atoms with E-state index in [1.807, 2.05) is 0 Å². The lowest BCUT2D eigenvalue weighted by Gasteiger charge is -2.04. The van der Waals surface area contributed by atoms with Gasteiger partial charge in [0.25, 0.3) is 5.69 Å². The number of carboxylic acid groups (broad SMARTS) is 1. The van der Waals surface area contributed by atoms with Crippen molar-refractivity contribution in [2.24, 2.45) is 0 Å². The Morgan fingerprint density at radius 3 is 2.64 bits per heavy atom. The Hall–Kier alpha value is -3.25. The second-order valence-electron chi connectivity index (χ2n) is 5.22. The number of halogens is 1. The predicted molar refractivity (Wildman–Crippen MR) is 95.7 cm³/mol. The summed E-state index contributed by atoms with van der Waals surface area (Å²) in [6.07, 6.45) is 3.22. The van der Waals surface area contributed by atoms with E-state index < -0.39 is 10.9 Å². The lowest BCUT2D eigenvalue weighted by Crippen LogP contribution is -2.00. The molecular weight excluding hydrogens is 344 g/mol. The minimum Gasteiger partial charge on any atom is -0.478 e. The van der Waals surface area contributed by atoms with Crippen LogP contribution in [0.25, 0.3) is 23.1 Å². The Kier molecular flexibility index (Phi) is 4.45. The average molecular weight is 355 g/mol. The maximum absolute atomic E-state index is 11.5. The number of aromatic nitrogens is 1. The Labute approximate surface area is 147 Å². The van der Waals surface area contributed by atoms with Gasteiger partial charge in [-0.1, -0.05) is 41.9 Å². The van der Waals surface area contributed by atoms with Gasteiger partial charge in [-0.2, -0.15) is 0 Å². The van der Waals surface area contributed by atoms with Gasteiger partial charge in [0.15, 0.2) is 0 Å². The molecule has 0 aliphatic rings. The number of fused-ring (bicyclic) bond motifs is 1. The van der Waals surface area contributed by atoms with Crippen molar-refractivity contribution in [1.82, 2.24) is 4.98 Å². The maximum atomic E-state index is 11.5. The Morgan fingerprint density at radius 2 is 1.92 bits per heavy atom. The molecule has 1 N–H and O–H groups in total. The van der Waals surface area contributed by atoms with E-state index in [9.17, 15) is 20.0 Å². The summed E-state index contributed by atoms with van der Waals surface area (Å²) < 4.78 is 0. The molecule has 3 aromatic rings. The zero-order chi connectivity index (χ0) is 18.0. The van der Waals surface area contributed by atoms with Crippen LogP contribution in [0.5, 0.6) is 0 Å². The Bertz CT molecular complexity index is 1030. The number of nitro groups is 1. The maximum Gasteiger partial charge on any atom is 0.336 e. The van der Waals surface area contributed by atoms with Crippen LogP contribution in [0.3, 0.4) is 0 Å². The highest BCUT2D eigenvalue weighted by atomic mass is 35.5. The molecule has 7 heteroatoms. The van der Waals surface area contributed by atoms with Crippen LogP contribution in [0.15, 0.2) is 48.5 Å². The number of nitrogens with zero attached hydrogens (tertiary/aromatic N) is 2. The van der Waals surface area contributed by atoms with Gasteiger partial charge in [0.1, 0.15) is 5.02 Å². The summed E-state index contributed by atoms with van der Waals surface area (Å²) in [4.78, 5) is 26.2. The predicted octanol–water partition coefficient (Wildman–Crippen LogP) is 4.67. The van der Waals surface area contributed by atoms with Crippen molar-refractivity contribution in [1.29, 1.82) is 0 Å². The highest BCUT2D eigenvalue weighted by Gasteiger charge is 2.12. The van der Waals surface area contributed by atoms with Crippen molar-refractivity contribution in [3.63, 3.8) is 0 Å². The van der Waals surface area contributed by atoms with Crippen LogP contribution >= 0.6 is 11.6 Å². The molecule has 3 rings (SSSR count). The van der Waals surface area contributed by atoms with Gasteiger partial charge in [-0.3, -0.25) is 10.1 Å². The molecule has 0 radical (unpaired) electrons. The summed E-state index contributed by atoms with van der Waals surface area (Å²) in [7, 11) is 0. The molecule has 6 nitrogen and oxygen atoms in total. The van der Waals surface area contributed by atoms with E-state index in [1.165, 1.54) is 18.2 Å². The largest absolute Gasteiger partial charge is 0.478 e. The summed E-state index contributed by atoms with van der Waals surface area (Å²) in [5.41, 5.74) is 1.51. The fourth-order valence-electron chi connectivity index (χ4n) is 2.41. The number of para-hydroxylation sites is 1. The molecule has 1 heterocycles. The van der Waals surface area contributed by atoms with Crippen molar-refractivity contribution in [3.8, 4) is 0 Å². The van der Waals surface area contributed by atoms with Crippen LogP contribution in [0, 0.1) is 10.1 Å². The van der Waals surface area contributed by atoms with Crippen molar-refractivity contribution in [3.05, 3.63) is 80.5 Å². The fraction of sp³-hybridized carbons (Fsp3) is 0. The lowest BCUT2D eigenvalue weighted by molar-refractivity contribution is -0.384. The van der Waals surface area contributed by atoms with E-state index in [0.717, 1.165) is 0 Å². The molecule has 0 spiro atoms. The minimum atomic E-state index is -1.05. The molecule has 0 saturated heterocycles. The average Bonchev–Trinajstić information content (AvgIpc) is 2.59. The number of rotatable bonds is 4. The zero-order valence-electron chi connectivity index (χ0n) is 12.7. The first-order valence-corrected chi connectivity index (χ1v) is 7.58. The van der Waals surface area contributed by atoms with Crippen LogP contribution in [0.2, 0.25) is 5.02 Å². The van der Waals surface area contributed by atoms with Crippen LogP contribution in [-0.2, 0) is 0 Å². The lowest BCUT2D eigenvalue weighted by atomic mass is 10.1. The first kappa shape index (κ1) is 16.6. The molecule has 0 fully saturated rings. The second kappa shape index (κ2) is 6.70. The molecule has 2 aromatic carbocycles. The van der Waals surface area contributed by atoms with E-state index in [2.05, 4.69) is 4.98 Å². The molecule has 1 aromatic heterocycles. The quantitative estimate of drug-likeness (QED) is 0.543. The smallest absolute Gasteiger partial charge is 0.336 e. The summed E-state index contributed by atoms with van der Waals surface area (Å²) in [6.45, 7) is 0. The summed E-state index contributed by atoms with van der Waals surface area (Å²) in [5.74, 6) is -1.05. The molecule has 0 unspecified atom stereocenters. The van der Waals surface area contributed by atoms with E-state index in [4.69, 9.17) is 11.6 Å². The van der Waals surface area contributed by atoms with Crippen molar-refractivity contribution in [2.45, 2.75) is 0 Å². The van der Waals surface area contributed by atoms with Gasteiger partial charge in [0.05, 0.1) is 21.7 Å². The standard InChI is InChI=1S/C18H11ClN2O4/c19-15-8-6-11(9-17(15)21(24)25)5-7-12-10-14(18(22)23)13-3-1-2-4-16(13)20-12/h1-10H,(H,22,23)/b7-5+. The molecular formula is C18H11ClN2O4. The number of nitro benzene ring substituents is 1. The fourth-order valence-corrected chi connectivity index (χ4v) is 2.60. The van der Waals surface area contributed by atoms with Crippen LogP contribution < -0.4 is 0 Å². The third-order valence-electron chi connectivity index (χ3n) is 3.58. The minimum absolute atomic E-state index is 0.0548. The number of pyridine rings is 1. The number of carboxylic acids is 1. The van der Waals surface area contributed by atoms with E-state index in [1.54, 1.807) is 42.5 Å². The van der Waals surface area contributed by atoms with E-state index >= 15 is 0 Å². The molecule has 0 bridgehead atoms. The second-order valence-corrected chi connectivity index (χ2v) is 5.63. The van der Waals surface area contributed by atoms with Crippen molar-refractivity contribution < 1.29 is 14.8 Å². The molecule has 0 aliphatic heterocycles. The molecule has 25 heavy (non-hydrogen) atoms. The van der Waals surface area contributed by atoms with Crippen LogP contribution in [0.1, 0.15) is 21.6 Å². The molecule has 0 aliphatic carbocycles. The van der Waals surface area contributed by atoms with E-state index in [0.29, 0.717) is 22.2 Å². The van der Waals surface area contributed by atoms with E-state index in [-0.39, 0.29) is 16.3 Å². The van der Waals surface area contributed by atoms with Gasteiger partial charge in [-0.25, -0.2) is 9.78 Å². The van der Waals surface area contributed by atoms with Crippen LogP contribution in [0.4, 0.5) is 5.69 Å². The highest BCUT2D eigenvalue weighted by Crippen LogP contribution is 2.26. The van der Waals surface area contributed by atoms with Gasteiger partial charge >= 0.3 is 5.97 Å². The molecule has 0 amide bonds. The van der Waals surface area contributed by atoms with Crippen molar-refractivity contribution >= 4 is 46.3 Å². The van der Waals surface area contributed by atoms with Gasteiger partial charge in [-0.15, -0.1) is 0 Å². The summed E-state index contributed by atoms with van der Waals surface area (Å²) >= 11 is 5.79. The monoisotopic (exact) mass is 354 g/mol. The number of carbonyl (C=O) groups is 1. The first-order chi connectivity index (χ1) is 12.0. The zero-order valence-corrected chi connectivity index (χ0v) is 13.5. The van der Waals surface area contributed by atoms with Gasteiger partial charge in [0.2, 0.25) is 0 Å². The third kappa shape index (κ3) is 3.49. The summed E-state index contributed by atoms with van der Waals surface area (Å²) in [5, 5.41) is 20.9. The SMILES string of the molecule is O=C(O)c1cc(/C=C/c2ccc(Cl)c([N+](=O)[O-])c2)nc2ccccc12. The number of benzene rings is 2.